The molecule has 0 unspecified atom stereocenters. The fourth-order valence-electron chi connectivity index (χ4n) is 1.25. The first-order valence-electron chi connectivity index (χ1n) is 4.81. The Morgan fingerprint density at radius 2 is 2.12 bits per heavy atom. The molecule has 2 rings (SSSR count). The number of carbonyl (C=O) groups is 1. The standard InChI is InChI=1S/C10H9F3N2O/c11-10(12,13)8-5-7(3-4-14-8)15-9(16)6-1-2-6/h3-6H,1-2H2,(H,14,15,16). The number of rotatable bonds is 2. The molecular formula is C10H9F3N2O. The van der Waals surface area contributed by atoms with Crippen LogP contribution in [0.25, 0.3) is 0 Å². The quantitative estimate of drug-likeness (QED) is 0.847. The maximum Gasteiger partial charge on any atom is 0.433 e. The topological polar surface area (TPSA) is 42.0 Å². The second kappa shape index (κ2) is 3.77. The van der Waals surface area contributed by atoms with Crippen molar-refractivity contribution >= 4 is 11.6 Å². The van der Waals surface area contributed by atoms with Gasteiger partial charge in [0.1, 0.15) is 5.69 Å². The van der Waals surface area contributed by atoms with E-state index in [-0.39, 0.29) is 17.5 Å². The Kier molecular flexibility index (Phi) is 2.57. The number of anilines is 1. The summed E-state index contributed by atoms with van der Waals surface area (Å²) in [5.41, 5.74) is -0.861. The van der Waals surface area contributed by atoms with Crippen molar-refractivity contribution in [2.75, 3.05) is 5.32 Å². The van der Waals surface area contributed by atoms with Gasteiger partial charge in [-0.3, -0.25) is 9.78 Å². The molecule has 1 aliphatic rings. The molecule has 0 saturated heterocycles. The van der Waals surface area contributed by atoms with Crippen LogP contribution in [0.2, 0.25) is 0 Å². The molecule has 0 radical (unpaired) electrons. The molecule has 0 spiro atoms. The summed E-state index contributed by atoms with van der Waals surface area (Å²) in [5, 5.41) is 2.44. The highest BCUT2D eigenvalue weighted by Crippen LogP contribution is 2.31. The molecule has 1 N–H and O–H groups in total. The number of hydrogen-bond acceptors (Lipinski definition) is 2. The van der Waals surface area contributed by atoms with E-state index in [2.05, 4.69) is 10.3 Å². The molecule has 1 amide bonds. The Morgan fingerprint density at radius 3 is 2.69 bits per heavy atom. The van der Waals surface area contributed by atoms with Crippen molar-refractivity contribution in [3.63, 3.8) is 0 Å². The average Bonchev–Trinajstić information content (AvgIpc) is 2.99. The van der Waals surface area contributed by atoms with Crippen molar-refractivity contribution in [3.05, 3.63) is 24.0 Å². The zero-order chi connectivity index (χ0) is 11.8. The molecule has 0 bridgehead atoms. The largest absolute Gasteiger partial charge is 0.433 e. The van der Waals surface area contributed by atoms with Gasteiger partial charge in [0.05, 0.1) is 0 Å². The fourth-order valence-corrected chi connectivity index (χ4v) is 1.25. The van der Waals surface area contributed by atoms with Crippen LogP contribution in [0.5, 0.6) is 0 Å². The molecular weight excluding hydrogens is 221 g/mol. The molecule has 0 aromatic carbocycles. The number of nitrogens with zero attached hydrogens (tertiary/aromatic N) is 1. The van der Waals surface area contributed by atoms with Crippen LogP contribution in [0, 0.1) is 5.92 Å². The van der Waals surface area contributed by atoms with Crippen molar-refractivity contribution in [2.24, 2.45) is 5.92 Å². The van der Waals surface area contributed by atoms with E-state index in [1.807, 2.05) is 0 Å². The number of aromatic nitrogens is 1. The molecule has 0 atom stereocenters. The van der Waals surface area contributed by atoms with Crippen LogP contribution < -0.4 is 5.32 Å². The summed E-state index contributed by atoms with van der Waals surface area (Å²) in [7, 11) is 0. The van der Waals surface area contributed by atoms with Crippen LogP contribution in [0.1, 0.15) is 18.5 Å². The molecule has 16 heavy (non-hydrogen) atoms. The highest BCUT2D eigenvalue weighted by molar-refractivity contribution is 5.93. The number of alkyl halides is 3. The lowest BCUT2D eigenvalue weighted by atomic mass is 10.3. The van der Waals surface area contributed by atoms with Gasteiger partial charge >= 0.3 is 6.18 Å². The maximum atomic E-state index is 12.3. The van der Waals surface area contributed by atoms with Crippen LogP contribution in [-0.2, 0) is 11.0 Å². The Bertz CT molecular complexity index is 413. The predicted molar refractivity (Wildman–Crippen MR) is 50.6 cm³/mol. The minimum atomic E-state index is -4.49. The highest BCUT2D eigenvalue weighted by atomic mass is 19.4. The summed E-state index contributed by atoms with van der Waals surface area (Å²) in [6.45, 7) is 0. The molecule has 1 saturated carbocycles. The number of amides is 1. The zero-order valence-corrected chi connectivity index (χ0v) is 8.21. The summed E-state index contributed by atoms with van der Waals surface area (Å²) < 4.78 is 36.9. The van der Waals surface area contributed by atoms with Crippen molar-refractivity contribution in [1.82, 2.24) is 4.98 Å². The van der Waals surface area contributed by atoms with Crippen LogP contribution in [-0.4, -0.2) is 10.9 Å². The van der Waals surface area contributed by atoms with Crippen LogP contribution in [0.4, 0.5) is 18.9 Å². The van der Waals surface area contributed by atoms with Crippen LogP contribution >= 0.6 is 0 Å². The Labute approximate surface area is 89.7 Å². The Morgan fingerprint density at radius 1 is 1.44 bits per heavy atom. The van der Waals surface area contributed by atoms with Crippen molar-refractivity contribution < 1.29 is 18.0 Å². The van der Waals surface area contributed by atoms with Gasteiger partial charge in [0.25, 0.3) is 0 Å². The first-order valence-corrected chi connectivity index (χ1v) is 4.81. The van der Waals surface area contributed by atoms with Gasteiger partial charge in [-0.15, -0.1) is 0 Å². The van der Waals surface area contributed by atoms with Crippen molar-refractivity contribution in [1.29, 1.82) is 0 Å². The highest BCUT2D eigenvalue weighted by Gasteiger charge is 2.33. The van der Waals surface area contributed by atoms with Gasteiger partial charge in [0.15, 0.2) is 0 Å². The summed E-state index contributed by atoms with van der Waals surface area (Å²) in [6, 6.07) is 2.18. The average molecular weight is 230 g/mol. The monoisotopic (exact) mass is 230 g/mol. The van der Waals surface area contributed by atoms with E-state index in [1.54, 1.807) is 0 Å². The van der Waals surface area contributed by atoms with Gasteiger partial charge < -0.3 is 5.32 Å². The summed E-state index contributed by atoms with van der Waals surface area (Å²) >= 11 is 0. The number of carbonyl (C=O) groups excluding carboxylic acids is 1. The first kappa shape index (κ1) is 10.9. The molecule has 1 heterocycles. The SMILES string of the molecule is O=C(Nc1ccnc(C(F)(F)F)c1)C1CC1. The minimum absolute atomic E-state index is 0.0393. The summed E-state index contributed by atoms with van der Waals surface area (Å²) in [4.78, 5) is 14.5. The van der Waals surface area contributed by atoms with Crippen LogP contribution in [0.3, 0.4) is 0 Å². The van der Waals surface area contributed by atoms with Crippen molar-refractivity contribution in [2.45, 2.75) is 19.0 Å². The molecule has 0 aliphatic heterocycles. The molecule has 1 aliphatic carbocycles. The van der Waals surface area contributed by atoms with Crippen molar-refractivity contribution in [3.8, 4) is 0 Å². The van der Waals surface area contributed by atoms with E-state index in [9.17, 15) is 18.0 Å². The summed E-state index contributed by atoms with van der Waals surface area (Å²) in [6.07, 6.45) is -1.84. The minimum Gasteiger partial charge on any atom is -0.326 e. The molecule has 6 heteroatoms. The second-order valence-electron chi connectivity index (χ2n) is 3.69. The number of halogens is 3. The van der Waals surface area contributed by atoms with Gasteiger partial charge in [-0.2, -0.15) is 13.2 Å². The van der Waals surface area contributed by atoms with Gasteiger partial charge in [0.2, 0.25) is 5.91 Å². The normalized spacial score (nSPS) is 15.9. The van der Waals surface area contributed by atoms with E-state index in [1.165, 1.54) is 6.07 Å². The molecule has 1 aromatic rings. The second-order valence-corrected chi connectivity index (χ2v) is 3.69. The lowest BCUT2D eigenvalue weighted by Gasteiger charge is -2.08. The van der Waals surface area contributed by atoms with E-state index in [0.29, 0.717) is 0 Å². The third-order valence-corrected chi connectivity index (χ3v) is 2.27. The van der Waals surface area contributed by atoms with E-state index in [4.69, 9.17) is 0 Å². The zero-order valence-electron chi connectivity index (χ0n) is 8.21. The smallest absolute Gasteiger partial charge is 0.326 e. The lowest BCUT2D eigenvalue weighted by Crippen LogP contribution is -2.15. The van der Waals surface area contributed by atoms with E-state index in [0.717, 1.165) is 25.1 Å². The lowest BCUT2D eigenvalue weighted by molar-refractivity contribution is -0.141. The fraction of sp³-hybridized carbons (Fsp3) is 0.400. The van der Waals surface area contributed by atoms with Crippen LogP contribution in [0.15, 0.2) is 18.3 Å². The van der Waals surface area contributed by atoms with E-state index < -0.39 is 11.9 Å². The third-order valence-electron chi connectivity index (χ3n) is 2.27. The molecule has 1 aromatic heterocycles. The summed E-state index contributed by atoms with van der Waals surface area (Å²) in [5.74, 6) is -0.262. The predicted octanol–water partition coefficient (Wildman–Crippen LogP) is 2.45. The Balaban J connectivity index is 2.12. The third kappa shape index (κ3) is 2.50. The van der Waals surface area contributed by atoms with Gasteiger partial charge in [-0.25, -0.2) is 0 Å². The molecule has 1 fully saturated rings. The first-order chi connectivity index (χ1) is 7.47. The van der Waals surface area contributed by atoms with Gasteiger partial charge in [-0.05, 0) is 25.0 Å². The Hall–Kier alpha value is -1.59. The number of hydrogen-bond donors (Lipinski definition) is 1. The number of nitrogens with one attached hydrogen (secondary N) is 1. The van der Waals surface area contributed by atoms with Gasteiger partial charge in [0, 0.05) is 17.8 Å². The van der Waals surface area contributed by atoms with Gasteiger partial charge in [-0.1, -0.05) is 0 Å². The molecule has 86 valence electrons. The molecule has 3 nitrogen and oxygen atoms in total. The maximum absolute atomic E-state index is 12.3. The number of pyridine rings is 1. The van der Waals surface area contributed by atoms with E-state index >= 15 is 0 Å².